The van der Waals surface area contributed by atoms with Crippen LogP contribution >= 0.6 is 0 Å². The second-order valence-electron chi connectivity index (χ2n) is 6.86. The summed E-state index contributed by atoms with van der Waals surface area (Å²) in [5.41, 5.74) is 1.46. The minimum Gasteiger partial charge on any atom is -0.494 e. The molecule has 27 heavy (non-hydrogen) atoms. The molecular weight excluding hydrogens is 342 g/mol. The van der Waals surface area contributed by atoms with Crippen molar-refractivity contribution in [3.05, 3.63) is 46.8 Å². The van der Waals surface area contributed by atoms with Gasteiger partial charge in [0.05, 0.1) is 18.8 Å². The van der Waals surface area contributed by atoms with Crippen molar-refractivity contribution in [1.82, 2.24) is 15.1 Å². The van der Waals surface area contributed by atoms with Crippen molar-refractivity contribution in [1.29, 1.82) is 0 Å². The van der Waals surface area contributed by atoms with Gasteiger partial charge in [0.2, 0.25) is 5.91 Å². The summed E-state index contributed by atoms with van der Waals surface area (Å²) in [6.45, 7) is 3.34. The fraction of sp³-hybridized carbons (Fsp3) is 0.476. The molecule has 1 N–H and O–H groups in total. The standard InChI is InChI=1S/C21H27N3O3/c1-2-27-18-10-8-16(9-11-18)19-12-13-20(25)24(23-19)15-14-22-21(26)17-6-4-3-5-7-17/h8-13,17H,2-7,14-15H2,1H3,(H,22,26). The lowest BCUT2D eigenvalue weighted by Gasteiger charge is -2.20. The van der Waals surface area contributed by atoms with E-state index in [4.69, 9.17) is 4.74 Å². The third-order valence-electron chi connectivity index (χ3n) is 4.93. The average Bonchev–Trinajstić information content (AvgIpc) is 2.71. The first-order chi connectivity index (χ1) is 13.2. The second kappa shape index (κ2) is 9.35. The van der Waals surface area contributed by atoms with Gasteiger partial charge < -0.3 is 10.1 Å². The van der Waals surface area contributed by atoms with Crippen molar-refractivity contribution in [2.45, 2.75) is 45.6 Å². The van der Waals surface area contributed by atoms with E-state index in [0.29, 0.717) is 19.7 Å². The Morgan fingerprint density at radius 1 is 1.15 bits per heavy atom. The van der Waals surface area contributed by atoms with Crippen LogP contribution in [0.25, 0.3) is 11.3 Å². The Labute approximate surface area is 159 Å². The fourth-order valence-electron chi connectivity index (χ4n) is 3.45. The van der Waals surface area contributed by atoms with Crippen molar-refractivity contribution in [2.75, 3.05) is 13.2 Å². The summed E-state index contributed by atoms with van der Waals surface area (Å²) in [4.78, 5) is 24.3. The van der Waals surface area contributed by atoms with Gasteiger partial charge in [-0.05, 0) is 50.1 Å². The molecule has 0 unspecified atom stereocenters. The van der Waals surface area contributed by atoms with Crippen LogP contribution in [-0.4, -0.2) is 28.8 Å². The SMILES string of the molecule is CCOc1ccc(-c2ccc(=O)n(CCNC(=O)C3CCCCC3)n2)cc1. The number of nitrogens with zero attached hydrogens (tertiary/aromatic N) is 2. The Kier molecular flexibility index (Phi) is 6.63. The van der Waals surface area contributed by atoms with E-state index in [-0.39, 0.29) is 17.4 Å². The molecule has 1 heterocycles. The monoisotopic (exact) mass is 369 g/mol. The summed E-state index contributed by atoms with van der Waals surface area (Å²) >= 11 is 0. The number of amides is 1. The van der Waals surface area contributed by atoms with Crippen molar-refractivity contribution in [3.8, 4) is 17.0 Å². The van der Waals surface area contributed by atoms with Gasteiger partial charge in [-0.25, -0.2) is 4.68 Å². The normalized spacial score (nSPS) is 14.7. The molecule has 6 nitrogen and oxygen atoms in total. The Morgan fingerprint density at radius 2 is 1.89 bits per heavy atom. The molecule has 1 aromatic heterocycles. The van der Waals surface area contributed by atoms with E-state index in [1.807, 2.05) is 31.2 Å². The number of nitrogens with one attached hydrogen (secondary N) is 1. The number of aromatic nitrogens is 2. The van der Waals surface area contributed by atoms with Crippen LogP contribution in [0.2, 0.25) is 0 Å². The van der Waals surface area contributed by atoms with Crippen LogP contribution in [0.4, 0.5) is 0 Å². The second-order valence-corrected chi connectivity index (χ2v) is 6.86. The summed E-state index contributed by atoms with van der Waals surface area (Å²) in [6.07, 6.45) is 5.42. The molecule has 1 aromatic carbocycles. The van der Waals surface area contributed by atoms with Crippen LogP contribution in [0.1, 0.15) is 39.0 Å². The Morgan fingerprint density at radius 3 is 2.59 bits per heavy atom. The average molecular weight is 369 g/mol. The van der Waals surface area contributed by atoms with E-state index in [0.717, 1.165) is 42.7 Å². The van der Waals surface area contributed by atoms with Crippen molar-refractivity contribution in [3.63, 3.8) is 0 Å². The predicted molar refractivity (Wildman–Crippen MR) is 105 cm³/mol. The topological polar surface area (TPSA) is 73.2 Å². The molecule has 3 rings (SSSR count). The molecule has 1 fully saturated rings. The number of hydrogen-bond donors (Lipinski definition) is 1. The minimum absolute atomic E-state index is 0.102. The molecule has 0 bridgehead atoms. The summed E-state index contributed by atoms with van der Waals surface area (Å²) in [7, 11) is 0. The highest BCUT2D eigenvalue weighted by atomic mass is 16.5. The van der Waals surface area contributed by atoms with Gasteiger partial charge in [-0.1, -0.05) is 19.3 Å². The third-order valence-corrected chi connectivity index (χ3v) is 4.93. The van der Waals surface area contributed by atoms with Gasteiger partial charge in [0, 0.05) is 24.1 Å². The first kappa shape index (κ1) is 19.1. The lowest BCUT2D eigenvalue weighted by Crippen LogP contribution is -2.36. The predicted octanol–water partition coefficient (Wildman–Crippen LogP) is 3.01. The van der Waals surface area contributed by atoms with E-state index in [1.54, 1.807) is 6.07 Å². The zero-order chi connectivity index (χ0) is 19.1. The van der Waals surface area contributed by atoms with Crippen molar-refractivity contribution < 1.29 is 9.53 Å². The number of ether oxygens (including phenoxy) is 1. The molecule has 0 saturated heterocycles. The van der Waals surface area contributed by atoms with E-state index in [2.05, 4.69) is 10.4 Å². The van der Waals surface area contributed by atoms with Gasteiger partial charge in [-0.3, -0.25) is 9.59 Å². The molecule has 1 aliphatic rings. The van der Waals surface area contributed by atoms with Crippen molar-refractivity contribution >= 4 is 5.91 Å². The van der Waals surface area contributed by atoms with Gasteiger partial charge in [0.1, 0.15) is 5.75 Å². The van der Waals surface area contributed by atoms with Crippen molar-refractivity contribution in [2.24, 2.45) is 5.92 Å². The first-order valence-corrected chi connectivity index (χ1v) is 9.76. The molecule has 0 spiro atoms. The third kappa shape index (κ3) is 5.18. The Bertz CT molecular complexity index is 808. The maximum atomic E-state index is 12.2. The van der Waals surface area contributed by atoms with Crippen LogP contribution in [0, 0.1) is 5.92 Å². The molecule has 2 aromatic rings. The zero-order valence-corrected chi connectivity index (χ0v) is 15.8. The van der Waals surface area contributed by atoms with Gasteiger partial charge >= 0.3 is 0 Å². The Balaban J connectivity index is 1.61. The maximum absolute atomic E-state index is 12.2. The van der Waals surface area contributed by atoms with Gasteiger partial charge in [-0.15, -0.1) is 0 Å². The van der Waals surface area contributed by atoms with Crippen LogP contribution in [0.3, 0.4) is 0 Å². The van der Waals surface area contributed by atoms with E-state index in [1.165, 1.54) is 17.2 Å². The smallest absolute Gasteiger partial charge is 0.266 e. The van der Waals surface area contributed by atoms with Crippen LogP contribution in [0.15, 0.2) is 41.2 Å². The van der Waals surface area contributed by atoms with Crippen LogP contribution in [0.5, 0.6) is 5.75 Å². The lowest BCUT2D eigenvalue weighted by atomic mass is 9.89. The largest absolute Gasteiger partial charge is 0.494 e. The van der Waals surface area contributed by atoms with E-state index < -0.39 is 0 Å². The van der Waals surface area contributed by atoms with Gasteiger partial charge in [-0.2, -0.15) is 5.10 Å². The lowest BCUT2D eigenvalue weighted by molar-refractivity contribution is -0.125. The summed E-state index contributed by atoms with van der Waals surface area (Å²) in [5.74, 6) is 1.03. The molecule has 1 saturated carbocycles. The minimum atomic E-state index is -0.170. The van der Waals surface area contributed by atoms with Gasteiger partial charge in [0.25, 0.3) is 5.56 Å². The summed E-state index contributed by atoms with van der Waals surface area (Å²) in [6, 6.07) is 10.9. The van der Waals surface area contributed by atoms with Gasteiger partial charge in [0.15, 0.2) is 0 Å². The zero-order valence-electron chi connectivity index (χ0n) is 15.8. The number of rotatable bonds is 7. The quantitative estimate of drug-likeness (QED) is 0.814. The van der Waals surface area contributed by atoms with Crippen LogP contribution in [-0.2, 0) is 11.3 Å². The molecule has 1 aliphatic carbocycles. The molecule has 0 atom stereocenters. The van der Waals surface area contributed by atoms with E-state index >= 15 is 0 Å². The number of benzene rings is 1. The summed E-state index contributed by atoms with van der Waals surface area (Å²) < 4.78 is 6.86. The van der Waals surface area contributed by atoms with E-state index in [9.17, 15) is 9.59 Å². The molecule has 1 amide bonds. The molecule has 6 heteroatoms. The molecule has 0 aliphatic heterocycles. The molecule has 0 radical (unpaired) electrons. The number of carbonyl (C=O) groups excluding carboxylic acids is 1. The molecular formula is C21H27N3O3. The molecule has 144 valence electrons. The number of carbonyl (C=O) groups is 1. The highest BCUT2D eigenvalue weighted by Gasteiger charge is 2.20. The number of hydrogen-bond acceptors (Lipinski definition) is 4. The highest BCUT2D eigenvalue weighted by molar-refractivity contribution is 5.78. The Hall–Kier alpha value is -2.63. The fourth-order valence-corrected chi connectivity index (χ4v) is 3.45. The van der Waals surface area contributed by atoms with Crippen LogP contribution < -0.4 is 15.6 Å². The highest BCUT2D eigenvalue weighted by Crippen LogP contribution is 2.23. The summed E-state index contributed by atoms with van der Waals surface area (Å²) in [5, 5.41) is 7.39. The maximum Gasteiger partial charge on any atom is 0.266 e. The first-order valence-electron chi connectivity index (χ1n) is 9.76.